The summed E-state index contributed by atoms with van der Waals surface area (Å²) in [6, 6.07) is 9.90. The summed E-state index contributed by atoms with van der Waals surface area (Å²) in [5.41, 5.74) is -0.467. The van der Waals surface area contributed by atoms with Crippen LogP contribution < -0.4 is 0 Å². The van der Waals surface area contributed by atoms with Gasteiger partial charge < -0.3 is 9.30 Å². The average molecular weight is 476 g/mol. The van der Waals surface area contributed by atoms with Crippen molar-refractivity contribution >= 4 is 27.5 Å². The van der Waals surface area contributed by atoms with E-state index in [1.807, 2.05) is 12.1 Å². The first kappa shape index (κ1) is 22.0. The van der Waals surface area contributed by atoms with Crippen LogP contribution in [-0.4, -0.2) is 21.4 Å². The number of benzene rings is 1. The standard InChI is InChI=1S/C15H11BrClF3N2O.C3H4N2/c1-2-23-8-22-13(9-3-5-10(17)6-4-9)11(7-21)12(16)14(22)15(18,19)20;1-2-4-5-3-1/h3-6H,2,8H2,1H3;1-3H,(H,4,5). The minimum atomic E-state index is -4.63. The van der Waals surface area contributed by atoms with E-state index < -0.39 is 11.9 Å². The van der Waals surface area contributed by atoms with Gasteiger partial charge in [-0.25, -0.2) is 0 Å². The number of ether oxygens (including phenoxy) is 1. The lowest BCUT2D eigenvalue weighted by atomic mass is 10.1. The Kier molecular flexibility index (Phi) is 7.69. The molecule has 0 saturated carbocycles. The maximum atomic E-state index is 13.4. The molecule has 3 aromatic rings. The second-order valence-corrected chi connectivity index (χ2v) is 6.55. The minimum Gasteiger partial charge on any atom is -0.361 e. The van der Waals surface area contributed by atoms with Crippen LogP contribution in [0.2, 0.25) is 5.02 Å². The molecular weight excluding hydrogens is 461 g/mol. The summed E-state index contributed by atoms with van der Waals surface area (Å²) in [6.07, 6.45) is -1.17. The maximum absolute atomic E-state index is 13.4. The third kappa shape index (κ3) is 5.16. The molecule has 0 aliphatic heterocycles. The highest BCUT2D eigenvalue weighted by Crippen LogP contribution is 2.43. The number of nitrogens with one attached hydrogen (secondary N) is 1. The minimum absolute atomic E-state index is 0.0978. The molecular formula is C18H15BrClF3N4O. The summed E-state index contributed by atoms with van der Waals surface area (Å²) < 4.78 is 46.0. The largest absolute Gasteiger partial charge is 0.432 e. The summed E-state index contributed by atoms with van der Waals surface area (Å²) in [5, 5.41) is 16.0. The Hall–Kier alpha value is -2.28. The molecule has 0 bridgehead atoms. The van der Waals surface area contributed by atoms with E-state index >= 15 is 0 Å². The maximum Gasteiger partial charge on any atom is 0.432 e. The predicted molar refractivity (Wildman–Crippen MR) is 103 cm³/mol. The topological polar surface area (TPSA) is 66.6 Å². The normalized spacial score (nSPS) is 10.9. The van der Waals surface area contributed by atoms with Crippen LogP contribution >= 0.6 is 27.5 Å². The molecule has 0 aliphatic carbocycles. The first-order valence-electron chi connectivity index (χ1n) is 7.97. The fourth-order valence-corrected chi connectivity index (χ4v) is 3.24. The predicted octanol–water partition coefficient (Wildman–Crippen LogP) is 5.87. The van der Waals surface area contributed by atoms with Gasteiger partial charge >= 0.3 is 6.18 Å². The van der Waals surface area contributed by atoms with E-state index in [1.165, 1.54) is 0 Å². The zero-order valence-electron chi connectivity index (χ0n) is 14.6. The molecule has 3 rings (SSSR count). The highest BCUT2D eigenvalue weighted by atomic mass is 79.9. The Morgan fingerprint density at radius 3 is 2.43 bits per heavy atom. The van der Waals surface area contributed by atoms with Crippen LogP contribution in [0.5, 0.6) is 0 Å². The van der Waals surface area contributed by atoms with E-state index in [1.54, 1.807) is 43.6 Å². The second kappa shape index (κ2) is 9.78. The van der Waals surface area contributed by atoms with Gasteiger partial charge in [-0.3, -0.25) is 5.10 Å². The van der Waals surface area contributed by atoms with Gasteiger partial charge in [-0.1, -0.05) is 23.7 Å². The molecule has 1 N–H and O–H groups in total. The molecule has 1 aromatic carbocycles. The molecule has 0 fully saturated rings. The molecule has 0 radical (unpaired) electrons. The van der Waals surface area contributed by atoms with Crippen molar-refractivity contribution in [3.05, 3.63) is 63.5 Å². The number of halogens is 5. The molecule has 5 nitrogen and oxygen atoms in total. The Morgan fingerprint density at radius 1 is 1.32 bits per heavy atom. The van der Waals surface area contributed by atoms with Crippen molar-refractivity contribution in [3.63, 3.8) is 0 Å². The van der Waals surface area contributed by atoms with E-state index in [-0.39, 0.29) is 29.1 Å². The molecule has 0 atom stereocenters. The molecule has 0 amide bonds. The number of alkyl halides is 3. The average Bonchev–Trinajstić information content (AvgIpc) is 3.30. The van der Waals surface area contributed by atoms with Crippen molar-refractivity contribution in [2.45, 2.75) is 19.8 Å². The highest BCUT2D eigenvalue weighted by Gasteiger charge is 2.40. The van der Waals surface area contributed by atoms with Crippen LogP contribution in [0.1, 0.15) is 18.2 Å². The number of aromatic amines is 1. The molecule has 148 valence electrons. The molecule has 2 heterocycles. The monoisotopic (exact) mass is 474 g/mol. The van der Waals surface area contributed by atoms with Gasteiger partial charge in [0, 0.05) is 24.0 Å². The molecule has 0 unspecified atom stereocenters. The Bertz CT molecular complexity index is 915. The molecule has 10 heteroatoms. The van der Waals surface area contributed by atoms with E-state index in [4.69, 9.17) is 16.3 Å². The van der Waals surface area contributed by atoms with Crippen molar-refractivity contribution < 1.29 is 17.9 Å². The lowest BCUT2D eigenvalue weighted by Crippen LogP contribution is -2.16. The van der Waals surface area contributed by atoms with Crippen molar-refractivity contribution in [3.8, 4) is 17.3 Å². The summed E-state index contributed by atoms with van der Waals surface area (Å²) in [5.74, 6) is 0. The molecule has 0 spiro atoms. The van der Waals surface area contributed by atoms with Crippen LogP contribution in [0.4, 0.5) is 13.2 Å². The first-order valence-corrected chi connectivity index (χ1v) is 9.15. The lowest BCUT2D eigenvalue weighted by molar-refractivity contribution is -0.146. The summed E-state index contributed by atoms with van der Waals surface area (Å²) >= 11 is 8.73. The van der Waals surface area contributed by atoms with Gasteiger partial charge in [0.1, 0.15) is 18.5 Å². The van der Waals surface area contributed by atoms with Gasteiger partial charge in [0.15, 0.2) is 0 Å². The Morgan fingerprint density at radius 2 is 2.00 bits per heavy atom. The highest BCUT2D eigenvalue weighted by molar-refractivity contribution is 9.10. The Labute approximate surface area is 172 Å². The first-order chi connectivity index (χ1) is 13.3. The third-order valence-corrected chi connectivity index (χ3v) is 4.56. The van der Waals surface area contributed by atoms with Crippen molar-refractivity contribution in [2.75, 3.05) is 6.61 Å². The SMILES string of the molecule is CCOCn1c(-c2ccc(Cl)cc2)c(C#N)c(Br)c1C(F)(F)F.c1cn[nH]c1. The van der Waals surface area contributed by atoms with Crippen LogP contribution in [0.15, 0.2) is 47.2 Å². The van der Waals surface area contributed by atoms with Crippen LogP contribution in [0, 0.1) is 11.3 Å². The van der Waals surface area contributed by atoms with Crippen LogP contribution in [0.3, 0.4) is 0 Å². The van der Waals surface area contributed by atoms with Crippen LogP contribution in [0.25, 0.3) is 11.3 Å². The zero-order valence-corrected chi connectivity index (χ0v) is 16.9. The van der Waals surface area contributed by atoms with Gasteiger partial charge in [0.05, 0.1) is 15.7 Å². The third-order valence-electron chi connectivity index (χ3n) is 3.53. The number of nitrogens with zero attached hydrogens (tertiary/aromatic N) is 3. The second-order valence-electron chi connectivity index (χ2n) is 5.32. The number of rotatable bonds is 4. The van der Waals surface area contributed by atoms with Crippen molar-refractivity contribution in [1.29, 1.82) is 5.26 Å². The summed E-state index contributed by atoms with van der Waals surface area (Å²) in [6.45, 7) is 1.61. The van der Waals surface area contributed by atoms with E-state index in [0.29, 0.717) is 10.6 Å². The number of H-pyrrole nitrogens is 1. The number of hydrogen-bond donors (Lipinski definition) is 1. The number of aromatic nitrogens is 3. The van der Waals surface area contributed by atoms with E-state index in [2.05, 4.69) is 26.1 Å². The fourth-order valence-electron chi connectivity index (χ4n) is 2.40. The molecule has 0 saturated heterocycles. The van der Waals surface area contributed by atoms with Gasteiger partial charge in [0.2, 0.25) is 0 Å². The van der Waals surface area contributed by atoms with Crippen molar-refractivity contribution in [2.24, 2.45) is 0 Å². The number of hydrogen-bond acceptors (Lipinski definition) is 3. The van der Waals surface area contributed by atoms with Crippen LogP contribution in [-0.2, 0) is 17.6 Å². The van der Waals surface area contributed by atoms with Crippen molar-refractivity contribution in [1.82, 2.24) is 14.8 Å². The number of nitriles is 1. The lowest BCUT2D eigenvalue weighted by Gasteiger charge is -2.15. The zero-order chi connectivity index (χ0) is 20.7. The van der Waals surface area contributed by atoms with Gasteiger partial charge in [0.25, 0.3) is 0 Å². The fraction of sp³-hybridized carbons (Fsp3) is 0.222. The molecule has 2 aromatic heterocycles. The summed E-state index contributed by atoms with van der Waals surface area (Å²) in [4.78, 5) is 0. The molecule has 28 heavy (non-hydrogen) atoms. The van der Waals surface area contributed by atoms with E-state index in [9.17, 15) is 18.4 Å². The quantitative estimate of drug-likeness (QED) is 0.513. The molecule has 0 aliphatic rings. The summed E-state index contributed by atoms with van der Waals surface area (Å²) in [7, 11) is 0. The van der Waals surface area contributed by atoms with Gasteiger partial charge in [-0.2, -0.15) is 23.5 Å². The van der Waals surface area contributed by atoms with Gasteiger partial charge in [-0.05, 0) is 46.6 Å². The Balaban J connectivity index is 0.000000485. The van der Waals surface area contributed by atoms with E-state index in [0.717, 1.165) is 4.57 Å². The smallest absolute Gasteiger partial charge is 0.361 e. The van der Waals surface area contributed by atoms with Gasteiger partial charge in [-0.15, -0.1) is 0 Å².